The fourth-order valence-electron chi connectivity index (χ4n) is 4.07. The van der Waals surface area contributed by atoms with Gasteiger partial charge in [0.1, 0.15) is 24.7 Å². The van der Waals surface area contributed by atoms with Crippen molar-refractivity contribution in [3.05, 3.63) is 59.7 Å². The minimum absolute atomic E-state index is 0.251. The molecule has 5 rings (SSSR count). The number of hydrogen-bond donors (Lipinski definition) is 0. The highest BCUT2D eigenvalue weighted by atomic mass is 16.6. The monoisotopic (exact) mass is 423 g/mol. The molecule has 0 radical (unpaired) electrons. The van der Waals surface area contributed by atoms with Crippen molar-refractivity contribution in [3.8, 4) is 23.0 Å². The molecule has 2 aliphatic heterocycles. The van der Waals surface area contributed by atoms with Gasteiger partial charge >= 0.3 is 0 Å². The lowest BCUT2D eigenvalue weighted by atomic mass is 10.0. The molecule has 1 saturated heterocycles. The zero-order valence-corrected chi connectivity index (χ0v) is 17.5. The van der Waals surface area contributed by atoms with Gasteiger partial charge in [0.15, 0.2) is 18.1 Å². The van der Waals surface area contributed by atoms with Crippen molar-refractivity contribution in [2.24, 2.45) is 0 Å². The molecule has 2 aliphatic rings. The molecule has 3 aromatic rings. The van der Waals surface area contributed by atoms with E-state index >= 15 is 0 Å². The first kappa shape index (κ1) is 19.7. The summed E-state index contributed by atoms with van der Waals surface area (Å²) >= 11 is 0. The zero-order valence-electron chi connectivity index (χ0n) is 17.5. The maximum Gasteiger partial charge on any atom is 0.240 e. The third-order valence-corrected chi connectivity index (χ3v) is 5.59. The Balaban J connectivity index is 1.21. The van der Waals surface area contributed by atoms with Gasteiger partial charge in [0.25, 0.3) is 0 Å². The third-order valence-electron chi connectivity index (χ3n) is 5.59. The molecule has 0 aliphatic carbocycles. The van der Waals surface area contributed by atoms with Gasteiger partial charge in [-0.2, -0.15) is 4.98 Å². The van der Waals surface area contributed by atoms with Crippen molar-refractivity contribution in [3.63, 3.8) is 0 Å². The molecule has 8 nitrogen and oxygen atoms in total. The lowest BCUT2D eigenvalue weighted by Gasteiger charge is -2.25. The Morgan fingerprint density at radius 3 is 2.68 bits per heavy atom. The Kier molecular flexibility index (Phi) is 5.62. The molecule has 0 spiro atoms. The Hall–Kier alpha value is -3.26. The molecule has 1 aromatic heterocycles. The van der Waals surface area contributed by atoms with Crippen LogP contribution in [0.25, 0.3) is 0 Å². The molecular weight excluding hydrogens is 398 g/mol. The van der Waals surface area contributed by atoms with Crippen molar-refractivity contribution in [2.75, 3.05) is 26.9 Å². The van der Waals surface area contributed by atoms with Crippen molar-refractivity contribution >= 4 is 0 Å². The van der Waals surface area contributed by atoms with Crippen molar-refractivity contribution in [1.82, 2.24) is 15.0 Å². The predicted molar refractivity (Wildman–Crippen MR) is 111 cm³/mol. The summed E-state index contributed by atoms with van der Waals surface area (Å²) in [6.45, 7) is 3.03. The summed E-state index contributed by atoms with van der Waals surface area (Å²) in [6.07, 6.45) is 2.21. The molecule has 1 unspecified atom stereocenters. The van der Waals surface area contributed by atoms with Gasteiger partial charge in [-0.25, -0.2) is 0 Å². The predicted octanol–water partition coefficient (Wildman–Crippen LogP) is 3.77. The number of benzene rings is 2. The van der Waals surface area contributed by atoms with E-state index < -0.39 is 0 Å². The largest absolute Gasteiger partial charge is 0.497 e. The molecule has 3 heterocycles. The lowest BCUT2D eigenvalue weighted by Crippen LogP contribution is -2.23. The van der Waals surface area contributed by atoms with E-state index in [0.717, 1.165) is 42.4 Å². The topological polar surface area (TPSA) is 79.1 Å². The van der Waals surface area contributed by atoms with Crippen LogP contribution in [0.5, 0.6) is 23.0 Å². The summed E-state index contributed by atoms with van der Waals surface area (Å²) in [7, 11) is 1.63. The molecule has 0 saturated carbocycles. The fourth-order valence-corrected chi connectivity index (χ4v) is 4.07. The maximum atomic E-state index is 5.75. The summed E-state index contributed by atoms with van der Waals surface area (Å²) in [5.41, 5.74) is 1.23. The van der Waals surface area contributed by atoms with Crippen LogP contribution in [0.15, 0.2) is 47.0 Å². The fraction of sp³-hybridized carbons (Fsp3) is 0.391. The minimum Gasteiger partial charge on any atom is -0.497 e. The highest BCUT2D eigenvalue weighted by molar-refractivity contribution is 5.44. The van der Waals surface area contributed by atoms with Gasteiger partial charge in [0.2, 0.25) is 11.7 Å². The number of ether oxygens (including phenoxy) is 4. The molecule has 1 atom stereocenters. The molecule has 8 heteroatoms. The highest BCUT2D eigenvalue weighted by Crippen LogP contribution is 2.38. The van der Waals surface area contributed by atoms with Crippen molar-refractivity contribution < 1.29 is 23.5 Å². The van der Waals surface area contributed by atoms with Crippen LogP contribution in [-0.4, -0.2) is 41.9 Å². The quantitative estimate of drug-likeness (QED) is 0.568. The number of aromatic nitrogens is 2. The smallest absolute Gasteiger partial charge is 0.240 e. The number of likely N-dealkylation sites (tertiary alicyclic amines) is 1. The van der Waals surface area contributed by atoms with E-state index in [-0.39, 0.29) is 6.61 Å². The highest BCUT2D eigenvalue weighted by Gasteiger charge is 2.28. The van der Waals surface area contributed by atoms with Crippen molar-refractivity contribution in [1.29, 1.82) is 0 Å². The molecule has 0 amide bonds. The standard InChI is InChI=1S/C23H25N3O5/c1-27-17-5-7-18(8-6-17)30-15-22-24-23(31-25-22)14-26-10-2-3-19(26)16-4-9-20-21(13-16)29-12-11-28-20/h4-9,13,19H,2-3,10-12,14-15H2,1H3. The van der Waals surface area contributed by atoms with Crippen LogP contribution >= 0.6 is 0 Å². The Morgan fingerprint density at radius 2 is 1.84 bits per heavy atom. The normalized spacial score (nSPS) is 18.2. The molecule has 2 aromatic carbocycles. The van der Waals surface area contributed by atoms with Gasteiger partial charge in [-0.3, -0.25) is 4.90 Å². The van der Waals surface area contributed by atoms with Crippen LogP contribution in [-0.2, 0) is 13.2 Å². The van der Waals surface area contributed by atoms with E-state index in [1.165, 1.54) is 5.56 Å². The maximum absolute atomic E-state index is 5.75. The Labute approximate surface area is 180 Å². The van der Waals surface area contributed by atoms with Crippen LogP contribution in [0.3, 0.4) is 0 Å². The van der Waals surface area contributed by atoms with Crippen LogP contribution < -0.4 is 18.9 Å². The van der Waals surface area contributed by atoms with Crippen LogP contribution in [0, 0.1) is 0 Å². The number of methoxy groups -OCH3 is 1. The van der Waals surface area contributed by atoms with E-state index in [2.05, 4.69) is 27.2 Å². The van der Waals surface area contributed by atoms with Crippen LogP contribution in [0.4, 0.5) is 0 Å². The summed E-state index contributed by atoms with van der Waals surface area (Å²) in [5, 5.41) is 4.06. The number of rotatable bonds is 7. The van der Waals surface area contributed by atoms with Gasteiger partial charge in [-0.05, 0) is 61.3 Å². The average Bonchev–Trinajstić information content (AvgIpc) is 3.47. The number of hydrogen-bond acceptors (Lipinski definition) is 8. The molecular formula is C23H25N3O5. The van der Waals surface area contributed by atoms with Gasteiger partial charge in [-0.15, -0.1) is 0 Å². The van der Waals surface area contributed by atoms with Gasteiger partial charge in [0, 0.05) is 6.04 Å². The minimum atomic E-state index is 0.251. The van der Waals surface area contributed by atoms with Gasteiger partial charge < -0.3 is 23.5 Å². The molecule has 1 fully saturated rings. The first-order chi connectivity index (χ1) is 15.3. The van der Waals surface area contributed by atoms with E-state index in [4.69, 9.17) is 23.5 Å². The average molecular weight is 423 g/mol. The van der Waals surface area contributed by atoms with Gasteiger partial charge in [0.05, 0.1) is 13.7 Å². The number of nitrogens with zero attached hydrogens (tertiary/aromatic N) is 3. The second-order valence-electron chi connectivity index (χ2n) is 7.60. The zero-order chi connectivity index (χ0) is 21.0. The third kappa shape index (κ3) is 4.44. The van der Waals surface area contributed by atoms with Gasteiger partial charge in [-0.1, -0.05) is 11.2 Å². The summed E-state index contributed by atoms with van der Waals surface area (Å²) in [6, 6.07) is 13.9. The molecule has 162 valence electrons. The van der Waals surface area contributed by atoms with Crippen molar-refractivity contribution in [2.45, 2.75) is 32.0 Å². The van der Waals surface area contributed by atoms with Crippen LogP contribution in [0.1, 0.15) is 36.2 Å². The van der Waals surface area contributed by atoms with E-state index in [9.17, 15) is 0 Å². The molecule has 0 bridgehead atoms. The first-order valence-corrected chi connectivity index (χ1v) is 10.5. The Morgan fingerprint density at radius 1 is 1.03 bits per heavy atom. The second-order valence-corrected chi connectivity index (χ2v) is 7.60. The summed E-state index contributed by atoms with van der Waals surface area (Å²) in [4.78, 5) is 6.88. The summed E-state index contributed by atoms with van der Waals surface area (Å²) in [5.74, 6) is 4.28. The lowest BCUT2D eigenvalue weighted by molar-refractivity contribution is 0.170. The molecule has 31 heavy (non-hydrogen) atoms. The first-order valence-electron chi connectivity index (χ1n) is 10.5. The SMILES string of the molecule is COc1ccc(OCc2noc(CN3CCCC3c3ccc4c(c3)OCCO4)n2)cc1. The summed E-state index contributed by atoms with van der Waals surface area (Å²) < 4.78 is 27.8. The molecule has 0 N–H and O–H groups in total. The number of fused-ring (bicyclic) bond motifs is 1. The second kappa shape index (κ2) is 8.85. The van der Waals surface area contributed by atoms with E-state index in [1.54, 1.807) is 7.11 Å². The van der Waals surface area contributed by atoms with E-state index in [1.807, 2.05) is 30.3 Å². The Bertz CT molecular complexity index is 1020. The van der Waals surface area contributed by atoms with Crippen LogP contribution in [0.2, 0.25) is 0 Å². The van der Waals surface area contributed by atoms with E-state index in [0.29, 0.717) is 37.5 Å².